The van der Waals surface area contributed by atoms with Crippen LogP contribution in [0.25, 0.3) is 0 Å². The van der Waals surface area contributed by atoms with Crippen LogP contribution in [0, 0.1) is 18.6 Å². The summed E-state index contributed by atoms with van der Waals surface area (Å²) in [5.41, 5.74) is 1.08. The Balaban J connectivity index is 2.06. The van der Waals surface area contributed by atoms with Crippen molar-refractivity contribution < 1.29 is 26.8 Å². The summed E-state index contributed by atoms with van der Waals surface area (Å²) in [6.45, 7) is 6.45. The van der Waals surface area contributed by atoms with Crippen LogP contribution >= 0.6 is 0 Å². The minimum Gasteiger partial charge on any atom is -0.352 e. The molecule has 10 heteroatoms. The van der Waals surface area contributed by atoms with E-state index in [0.29, 0.717) is 12.0 Å². The highest BCUT2D eigenvalue weighted by Crippen LogP contribution is 2.27. The number of aryl methyl sites for hydroxylation is 1. The Labute approximate surface area is 234 Å². The maximum Gasteiger partial charge on any atom is 0.264 e. The Hall–Kier alpha value is -3.79. The van der Waals surface area contributed by atoms with E-state index in [1.165, 1.54) is 59.5 Å². The highest BCUT2D eigenvalue weighted by molar-refractivity contribution is 7.92. The molecule has 0 fully saturated rings. The first-order valence-corrected chi connectivity index (χ1v) is 14.6. The predicted octanol–water partition coefficient (Wildman–Crippen LogP) is 5.19. The molecule has 0 radical (unpaired) electrons. The van der Waals surface area contributed by atoms with Gasteiger partial charge in [0.25, 0.3) is 10.0 Å². The van der Waals surface area contributed by atoms with Gasteiger partial charge >= 0.3 is 0 Å². The maximum atomic E-state index is 15.0. The number of halogens is 2. The summed E-state index contributed by atoms with van der Waals surface area (Å²) in [5.74, 6) is -2.39. The quantitative estimate of drug-likeness (QED) is 0.324. The van der Waals surface area contributed by atoms with Crippen LogP contribution in [-0.2, 0) is 26.2 Å². The monoisotopic (exact) mass is 571 g/mol. The van der Waals surface area contributed by atoms with Gasteiger partial charge in [0.2, 0.25) is 11.8 Å². The van der Waals surface area contributed by atoms with Crippen LogP contribution in [0.3, 0.4) is 0 Å². The summed E-state index contributed by atoms with van der Waals surface area (Å²) in [5, 5.41) is 2.88. The molecule has 3 aromatic carbocycles. The fourth-order valence-electron chi connectivity index (χ4n) is 4.15. The van der Waals surface area contributed by atoms with Gasteiger partial charge in [0.05, 0.1) is 10.6 Å². The van der Waals surface area contributed by atoms with Crippen LogP contribution in [0.2, 0.25) is 0 Å². The van der Waals surface area contributed by atoms with Crippen LogP contribution in [-0.4, -0.2) is 43.8 Å². The number of para-hydroxylation sites is 1. The van der Waals surface area contributed by atoms with Crippen LogP contribution < -0.4 is 9.62 Å². The van der Waals surface area contributed by atoms with E-state index in [1.54, 1.807) is 26.0 Å². The number of amides is 2. The van der Waals surface area contributed by atoms with E-state index >= 15 is 0 Å². The number of hydrogen-bond acceptors (Lipinski definition) is 4. The molecule has 0 unspecified atom stereocenters. The van der Waals surface area contributed by atoms with Crippen molar-refractivity contribution in [2.75, 3.05) is 10.8 Å². The van der Waals surface area contributed by atoms with Crippen molar-refractivity contribution in [2.45, 2.75) is 64.1 Å². The first-order chi connectivity index (χ1) is 19.0. The molecule has 1 N–H and O–H groups in total. The third kappa shape index (κ3) is 7.44. The summed E-state index contributed by atoms with van der Waals surface area (Å²) < 4.78 is 56.8. The fourth-order valence-corrected chi connectivity index (χ4v) is 5.57. The van der Waals surface area contributed by atoms with E-state index in [4.69, 9.17) is 0 Å². The van der Waals surface area contributed by atoms with E-state index in [0.717, 1.165) is 15.9 Å². The van der Waals surface area contributed by atoms with Gasteiger partial charge in [-0.2, -0.15) is 0 Å². The van der Waals surface area contributed by atoms with E-state index < -0.39 is 46.1 Å². The number of rotatable bonds is 12. The Bertz CT molecular complexity index is 1410. The molecule has 0 heterocycles. The molecule has 3 rings (SSSR count). The average Bonchev–Trinajstić information content (AvgIpc) is 2.93. The van der Waals surface area contributed by atoms with Gasteiger partial charge in [0.15, 0.2) is 0 Å². The highest BCUT2D eigenvalue weighted by atomic mass is 32.2. The Kier molecular flexibility index (Phi) is 10.4. The molecule has 0 aliphatic carbocycles. The van der Waals surface area contributed by atoms with Gasteiger partial charge in [0.1, 0.15) is 24.2 Å². The molecule has 0 aromatic heterocycles. The zero-order valence-corrected chi connectivity index (χ0v) is 23.9. The molecule has 7 nitrogen and oxygen atoms in total. The molecule has 2 amide bonds. The fraction of sp³-hybridized carbons (Fsp3) is 0.333. The van der Waals surface area contributed by atoms with Crippen LogP contribution in [0.15, 0.2) is 77.7 Å². The molecule has 0 aliphatic rings. The number of carbonyl (C=O) groups is 2. The summed E-state index contributed by atoms with van der Waals surface area (Å²) in [7, 11) is -4.38. The number of carbonyl (C=O) groups excluding carboxylic acids is 2. The lowest BCUT2D eigenvalue weighted by Gasteiger charge is -2.33. The van der Waals surface area contributed by atoms with Gasteiger partial charge in [-0.15, -0.1) is 0 Å². The topological polar surface area (TPSA) is 86.8 Å². The van der Waals surface area contributed by atoms with Crippen molar-refractivity contribution in [1.82, 2.24) is 10.2 Å². The molecular weight excluding hydrogens is 536 g/mol. The van der Waals surface area contributed by atoms with Gasteiger partial charge in [-0.05, 0) is 68.7 Å². The van der Waals surface area contributed by atoms with Crippen molar-refractivity contribution >= 4 is 27.5 Å². The van der Waals surface area contributed by atoms with Crippen molar-refractivity contribution in [3.8, 4) is 0 Å². The molecule has 0 spiro atoms. The molecule has 214 valence electrons. The number of anilines is 1. The molecule has 0 saturated heterocycles. The Morgan fingerprint density at radius 2 is 1.52 bits per heavy atom. The lowest BCUT2D eigenvalue weighted by atomic mass is 10.1. The maximum absolute atomic E-state index is 15.0. The Morgan fingerprint density at radius 3 is 2.10 bits per heavy atom. The molecule has 0 saturated carbocycles. The Morgan fingerprint density at radius 1 is 0.900 bits per heavy atom. The summed E-state index contributed by atoms with van der Waals surface area (Å²) in [4.78, 5) is 28.3. The molecular formula is C30H35F2N3O4S. The van der Waals surface area contributed by atoms with Gasteiger partial charge in [-0.3, -0.25) is 13.9 Å². The lowest BCUT2D eigenvalue weighted by molar-refractivity contribution is -0.140. The first-order valence-electron chi connectivity index (χ1n) is 13.2. The van der Waals surface area contributed by atoms with E-state index in [2.05, 4.69) is 5.32 Å². The SMILES string of the molecule is CC[C@H](C)NC(=O)[C@H](CC)N(Cc1ccc(F)cc1)C(=O)CN(c1ccccc1F)S(=O)(=O)c1ccc(C)cc1. The van der Waals surface area contributed by atoms with Crippen LogP contribution in [0.4, 0.5) is 14.5 Å². The lowest BCUT2D eigenvalue weighted by Crippen LogP contribution is -2.53. The molecule has 0 aliphatic heterocycles. The third-order valence-electron chi connectivity index (χ3n) is 6.66. The van der Waals surface area contributed by atoms with Crippen LogP contribution in [0.1, 0.15) is 44.7 Å². The smallest absolute Gasteiger partial charge is 0.264 e. The number of benzene rings is 3. The highest BCUT2D eigenvalue weighted by Gasteiger charge is 2.34. The van der Waals surface area contributed by atoms with Gasteiger partial charge < -0.3 is 10.2 Å². The van der Waals surface area contributed by atoms with Crippen LogP contribution in [0.5, 0.6) is 0 Å². The molecule has 3 aromatic rings. The summed E-state index contributed by atoms with van der Waals surface area (Å²) in [6, 6.07) is 15.7. The number of nitrogens with one attached hydrogen (secondary N) is 1. The average molecular weight is 572 g/mol. The summed E-state index contributed by atoms with van der Waals surface area (Å²) >= 11 is 0. The van der Waals surface area contributed by atoms with Crippen molar-refractivity contribution in [3.63, 3.8) is 0 Å². The van der Waals surface area contributed by atoms with E-state index in [9.17, 15) is 26.8 Å². The second-order valence-corrected chi connectivity index (χ2v) is 11.5. The van der Waals surface area contributed by atoms with Gasteiger partial charge in [-0.25, -0.2) is 17.2 Å². The molecule has 2 atom stereocenters. The van der Waals surface area contributed by atoms with E-state index in [-0.39, 0.29) is 29.6 Å². The molecule has 0 bridgehead atoms. The van der Waals surface area contributed by atoms with Crippen molar-refractivity contribution in [1.29, 1.82) is 0 Å². The number of nitrogens with zero attached hydrogens (tertiary/aromatic N) is 2. The second-order valence-electron chi connectivity index (χ2n) is 9.67. The van der Waals surface area contributed by atoms with Crippen molar-refractivity contribution in [2.24, 2.45) is 0 Å². The summed E-state index contributed by atoms with van der Waals surface area (Å²) in [6.07, 6.45) is 0.906. The molecule has 40 heavy (non-hydrogen) atoms. The predicted molar refractivity (Wildman–Crippen MR) is 151 cm³/mol. The number of sulfonamides is 1. The van der Waals surface area contributed by atoms with E-state index in [1.807, 2.05) is 13.8 Å². The first kappa shape index (κ1) is 30.7. The number of hydrogen-bond donors (Lipinski definition) is 1. The standard InChI is InChI=1S/C30H35F2N3O4S/c1-5-22(4)33-30(37)27(6-2)34(19-23-13-15-24(31)16-14-23)29(36)20-35(28-10-8-7-9-26(28)32)40(38,39)25-17-11-21(3)12-18-25/h7-18,22,27H,5-6,19-20H2,1-4H3,(H,33,37)/t22-,27-/m0/s1. The van der Waals surface area contributed by atoms with Crippen molar-refractivity contribution in [3.05, 3.63) is 95.6 Å². The van der Waals surface area contributed by atoms with Gasteiger partial charge in [0, 0.05) is 12.6 Å². The normalized spacial score (nSPS) is 12.8. The van der Waals surface area contributed by atoms with Gasteiger partial charge in [-0.1, -0.05) is 55.8 Å². The largest absolute Gasteiger partial charge is 0.352 e. The minimum absolute atomic E-state index is 0.0821. The second kappa shape index (κ2) is 13.5. The zero-order chi connectivity index (χ0) is 29.4. The third-order valence-corrected chi connectivity index (χ3v) is 8.44. The zero-order valence-electron chi connectivity index (χ0n) is 23.1. The minimum atomic E-state index is -4.38.